The molecule has 4 heteroatoms. The molecule has 15 heavy (non-hydrogen) atoms. The van der Waals surface area contributed by atoms with Crippen LogP contribution in [0.25, 0.3) is 0 Å². The first-order chi connectivity index (χ1) is 7.24. The number of hydrogen-bond acceptors (Lipinski definition) is 3. The molecule has 2 atom stereocenters. The molecule has 0 spiro atoms. The van der Waals surface area contributed by atoms with Crippen LogP contribution in [0.5, 0.6) is 0 Å². The Kier molecular flexibility index (Phi) is 3.26. The van der Waals surface area contributed by atoms with Crippen molar-refractivity contribution in [1.29, 1.82) is 0 Å². The Labute approximate surface area is 91.6 Å². The van der Waals surface area contributed by atoms with Gasteiger partial charge < -0.3 is 10.2 Å². The molecule has 2 fully saturated rings. The third-order valence-electron chi connectivity index (χ3n) is 3.68. The molecule has 0 aromatic carbocycles. The SMILES string of the molecule is CCN1CCN(C2CCNC2)C(C)C1=O. The first-order valence-electron chi connectivity index (χ1n) is 5.99. The molecule has 0 saturated carbocycles. The first kappa shape index (κ1) is 10.9. The zero-order valence-electron chi connectivity index (χ0n) is 9.70. The van der Waals surface area contributed by atoms with E-state index in [2.05, 4.69) is 17.1 Å². The second-order valence-electron chi connectivity index (χ2n) is 4.48. The molecule has 1 N–H and O–H groups in total. The number of carbonyl (C=O) groups excluding carboxylic acids is 1. The van der Waals surface area contributed by atoms with Crippen LogP contribution in [-0.2, 0) is 4.79 Å². The molecule has 2 aliphatic heterocycles. The van der Waals surface area contributed by atoms with Gasteiger partial charge in [-0.3, -0.25) is 9.69 Å². The average Bonchev–Trinajstić information content (AvgIpc) is 2.75. The van der Waals surface area contributed by atoms with Crippen LogP contribution in [0.1, 0.15) is 20.3 Å². The van der Waals surface area contributed by atoms with E-state index >= 15 is 0 Å². The minimum absolute atomic E-state index is 0.0728. The van der Waals surface area contributed by atoms with Crippen LogP contribution in [0, 0.1) is 0 Å². The predicted molar refractivity (Wildman–Crippen MR) is 59.7 cm³/mol. The third kappa shape index (κ3) is 2.01. The van der Waals surface area contributed by atoms with E-state index in [0.717, 1.165) is 32.7 Å². The Morgan fingerprint density at radius 3 is 2.87 bits per heavy atom. The standard InChI is InChI=1S/C11H21N3O/c1-3-13-6-7-14(9(2)11(13)15)10-4-5-12-8-10/h9-10,12H,3-8H2,1-2H3. The summed E-state index contributed by atoms with van der Waals surface area (Å²) in [5.74, 6) is 0.302. The molecule has 2 aliphatic rings. The average molecular weight is 211 g/mol. The van der Waals surface area contributed by atoms with E-state index in [-0.39, 0.29) is 6.04 Å². The number of nitrogens with zero attached hydrogens (tertiary/aromatic N) is 2. The highest BCUT2D eigenvalue weighted by Gasteiger charge is 2.35. The minimum Gasteiger partial charge on any atom is -0.340 e. The molecule has 0 bridgehead atoms. The first-order valence-corrected chi connectivity index (χ1v) is 5.99. The van der Waals surface area contributed by atoms with Gasteiger partial charge in [0.1, 0.15) is 0 Å². The molecule has 2 saturated heterocycles. The molecule has 0 radical (unpaired) electrons. The van der Waals surface area contributed by atoms with Gasteiger partial charge in [0, 0.05) is 32.2 Å². The van der Waals surface area contributed by atoms with E-state index < -0.39 is 0 Å². The normalized spacial score (nSPS) is 33.7. The maximum absolute atomic E-state index is 12.0. The molecular weight excluding hydrogens is 190 g/mol. The van der Waals surface area contributed by atoms with Gasteiger partial charge in [-0.05, 0) is 26.8 Å². The fourth-order valence-corrected chi connectivity index (χ4v) is 2.68. The quantitative estimate of drug-likeness (QED) is 0.693. The smallest absolute Gasteiger partial charge is 0.239 e. The van der Waals surface area contributed by atoms with Crippen molar-refractivity contribution < 1.29 is 4.79 Å². The molecule has 0 aromatic rings. The Bertz CT molecular complexity index is 238. The number of amides is 1. The predicted octanol–water partition coefficient (Wildman–Crippen LogP) is -0.0991. The Morgan fingerprint density at radius 2 is 2.27 bits per heavy atom. The van der Waals surface area contributed by atoms with E-state index in [1.165, 1.54) is 6.42 Å². The maximum Gasteiger partial charge on any atom is 0.239 e. The minimum atomic E-state index is 0.0728. The van der Waals surface area contributed by atoms with Crippen molar-refractivity contribution in [3.63, 3.8) is 0 Å². The molecular formula is C11H21N3O. The summed E-state index contributed by atoms with van der Waals surface area (Å²) in [5.41, 5.74) is 0. The molecule has 1 amide bonds. The number of likely N-dealkylation sites (N-methyl/N-ethyl adjacent to an activating group) is 1. The van der Waals surface area contributed by atoms with Gasteiger partial charge in [0.2, 0.25) is 5.91 Å². The second-order valence-corrected chi connectivity index (χ2v) is 4.48. The van der Waals surface area contributed by atoms with Crippen LogP contribution >= 0.6 is 0 Å². The topological polar surface area (TPSA) is 35.6 Å². The fourth-order valence-electron chi connectivity index (χ4n) is 2.68. The second kappa shape index (κ2) is 4.49. The summed E-state index contributed by atoms with van der Waals surface area (Å²) in [5, 5.41) is 3.36. The Balaban J connectivity index is 2.00. The van der Waals surface area contributed by atoms with Crippen LogP contribution < -0.4 is 5.32 Å². The van der Waals surface area contributed by atoms with Crippen molar-refractivity contribution in [2.45, 2.75) is 32.4 Å². The number of rotatable bonds is 2. The highest BCUT2D eigenvalue weighted by molar-refractivity contribution is 5.82. The summed E-state index contributed by atoms with van der Waals surface area (Å²) in [6.45, 7) is 9.02. The zero-order chi connectivity index (χ0) is 10.8. The lowest BCUT2D eigenvalue weighted by Crippen LogP contribution is -2.58. The van der Waals surface area contributed by atoms with Crippen LogP contribution in [-0.4, -0.2) is 60.5 Å². The largest absolute Gasteiger partial charge is 0.340 e. The molecule has 0 aromatic heterocycles. The number of piperazine rings is 1. The van der Waals surface area contributed by atoms with Crippen LogP contribution in [0.15, 0.2) is 0 Å². The molecule has 4 nitrogen and oxygen atoms in total. The third-order valence-corrected chi connectivity index (χ3v) is 3.68. The fraction of sp³-hybridized carbons (Fsp3) is 0.909. The maximum atomic E-state index is 12.0. The van der Waals surface area contributed by atoms with Gasteiger partial charge in [0.15, 0.2) is 0 Å². The van der Waals surface area contributed by atoms with Crippen molar-refractivity contribution in [1.82, 2.24) is 15.1 Å². The molecule has 86 valence electrons. The molecule has 2 unspecified atom stereocenters. The lowest BCUT2D eigenvalue weighted by Gasteiger charge is -2.41. The van der Waals surface area contributed by atoms with E-state index in [4.69, 9.17) is 0 Å². The number of nitrogens with one attached hydrogen (secondary N) is 1. The van der Waals surface area contributed by atoms with Gasteiger partial charge in [0.05, 0.1) is 6.04 Å². The van der Waals surface area contributed by atoms with Gasteiger partial charge in [-0.25, -0.2) is 0 Å². The summed E-state index contributed by atoms with van der Waals surface area (Å²) < 4.78 is 0. The van der Waals surface area contributed by atoms with Crippen LogP contribution in [0.2, 0.25) is 0 Å². The van der Waals surface area contributed by atoms with Crippen molar-refractivity contribution in [3.05, 3.63) is 0 Å². The monoisotopic (exact) mass is 211 g/mol. The van der Waals surface area contributed by atoms with Gasteiger partial charge in [0.25, 0.3) is 0 Å². The number of hydrogen-bond donors (Lipinski definition) is 1. The summed E-state index contributed by atoms with van der Waals surface area (Å²) in [6.07, 6.45) is 1.18. The number of carbonyl (C=O) groups is 1. The van der Waals surface area contributed by atoms with Gasteiger partial charge in [-0.2, -0.15) is 0 Å². The van der Waals surface area contributed by atoms with E-state index in [9.17, 15) is 4.79 Å². The van der Waals surface area contributed by atoms with Crippen molar-refractivity contribution in [2.75, 3.05) is 32.7 Å². The lowest BCUT2D eigenvalue weighted by molar-refractivity contribution is -0.142. The van der Waals surface area contributed by atoms with Gasteiger partial charge in [-0.15, -0.1) is 0 Å². The van der Waals surface area contributed by atoms with Crippen molar-refractivity contribution in [2.24, 2.45) is 0 Å². The summed E-state index contributed by atoms with van der Waals surface area (Å²) in [4.78, 5) is 16.3. The summed E-state index contributed by atoms with van der Waals surface area (Å²) in [7, 11) is 0. The van der Waals surface area contributed by atoms with Crippen molar-refractivity contribution in [3.8, 4) is 0 Å². The van der Waals surface area contributed by atoms with E-state index in [1.807, 2.05) is 11.8 Å². The zero-order valence-corrected chi connectivity index (χ0v) is 9.70. The molecule has 2 rings (SSSR count). The van der Waals surface area contributed by atoms with E-state index in [1.54, 1.807) is 0 Å². The lowest BCUT2D eigenvalue weighted by atomic mass is 10.1. The highest BCUT2D eigenvalue weighted by Crippen LogP contribution is 2.17. The van der Waals surface area contributed by atoms with Crippen molar-refractivity contribution >= 4 is 5.91 Å². The van der Waals surface area contributed by atoms with Gasteiger partial charge >= 0.3 is 0 Å². The van der Waals surface area contributed by atoms with E-state index in [0.29, 0.717) is 11.9 Å². The summed E-state index contributed by atoms with van der Waals surface area (Å²) >= 11 is 0. The summed E-state index contributed by atoms with van der Waals surface area (Å²) in [6, 6.07) is 0.645. The Hall–Kier alpha value is -0.610. The molecule has 2 heterocycles. The van der Waals surface area contributed by atoms with Crippen LogP contribution in [0.3, 0.4) is 0 Å². The highest BCUT2D eigenvalue weighted by atomic mass is 16.2. The van der Waals surface area contributed by atoms with Gasteiger partial charge in [-0.1, -0.05) is 0 Å². The Morgan fingerprint density at radius 1 is 1.47 bits per heavy atom. The van der Waals surface area contributed by atoms with Crippen LogP contribution in [0.4, 0.5) is 0 Å². The molecule has 0 aliphatic carbocycles.